The summed E-state index contributed by atoms with van der Waals surface area (Å²) in [5.74, 6) is 0.583. The number of hydrogen-bond acceptors (Lipinski definition) is 2. The van der Waals surface area contributed by atoms with Crippen molar-refractivity contribution in [1.82, 2.24) is 14.5 Å². The molecule has 0 bridgehead atoms. The molecule has 0 radical (unpaired) electrons. The molecule has 0 fully saturated rings. The third-order valence-corrected chi connectivity index (χ3v) is 4.46. The summed E-state index contributed by atoms with van der Waals surface area (Å²) in [7, 11) is 0. The fraction of sp³-hybridized carbons (Fsp3) is 0.538. The van der Waals surface area contributed by atoms with Gasteiger partial charge in [-0.05, 0) is 45.5 Å². The van der Waals surface area contributed by atoms with E-state index in [1.807, 2.05) is 12.3 Å². The van der Waals surface area contributed by atoms with E-state index in [0.29, 0.717) is 5.92 Å². The number of fused-ring (bicyclic) bond motifs is 1. The highest BCUT2D eigenvalue weighted by Crippen LogP contribution is 2.29. The lowest BCUT2D eigenvalue weighted by Gasteiger charge is -2.29. The third kappa shape index (κ3) is 2.52. The predicted molar refractivity (Wildman–Crippen MR) is 81.2 cm³/mol. The molecule has 2 aromatic heterocycles. The van der Waals surface area contributed by atoms with E-state index in [9.17, 15) is 0 Å². The van der Waals surface area contributed by atoms with Crippen LogP contribution in [0.2, 0.25) is 0 Å². The van der Waals surface area contributed by atoms with Crippen LogP contribution in [0.5, 0.6) is 0 Å². The highest BCUT2D eigenvalue weighted by molar-refractivity contribution is 9.10. The van der Waals surface area contributed by atoms with Crippen LogP contribution >= 0.6 is 28.1 Å². The maximum atomic E-state index is 5.40. The summed E-state index contributed by atoms with van der Waals surface area (Å²) in [6, 6.07) is 2.01. The van der Waals surface area contributed by atoms with Gasteiger partial charge < -0.3 is 9.55 Å². The van der Waals surface area contributed by atoms with Gasteiger partial charge in [-0.2, -0.15) is 0 Å². The van der Waals surface area contributed by atoms with Crippen molar-refractivity contribution < 1.29 is 0 Å². The van der Waals surface area contributed by atoms with Crippen molar-refractivity contribution >= 4 is 39.3 Å². The summed E-state index contributed by atoms with van der Waals surface area (Å²) < 4.78 is 3.79. The Balaban J connectivity index is 2.52. The molecule has 0 spiro atoms. The van der Waals surface area contributed by atoms with Crippen molar-refractivity contribution in [1.29, 1.82) is 0 Å². The summed E-state index contributed by atoms with van der Waals surface area (Å²) >= 11 is 8.83. The first-order valence-corrected chi connectivity index (χ1v) is 7.25. The van der Waals surface area contributed by atoms with Crippen molar-refractivity contribution in [3.05, 3.63) is 21.5 Å². The van der Waals surface area contributed by atoms with Crippen LogP contribution in [0.25, 0.3) is 11.2 Å². The second-order valence-electron chi connectivity index (χ2n) is 5.68. The van der Waals surface area contributed by atoms with Gasteiger partial charge in [-0.1, -0.05) is 27.7 Å². The van der Waals surface area contributed by atoms with Crippen molar-refractivity contribution in [2.75, 3.05) is 0 Å². The maximum absolute atomic E-state index is 5.40. The number of H-pyrrole nitrogens is 1. The summed E-state index contributed by atoms with van der Waals surface area (Å²) in [5.41, 5.74) is 2.09. The van der Waals surface area contributed by atoms with Crippen molar-refractivity contribution in [3.63, 3.8) is 0 Å². The summed E-state index contributed by atoms with van der Waals surface area (Å²) in [4.78, 5) is 7.68. The van der Waals surface area contributed by atoms with Crippen molar-refractivity contribution in [2.24, 2.45) is 11.3 Å². The van der Waals surface area contributed by atoms with Crippen LogP contribution in [0, 0.1) is 16.1 Å². The molecule has 2 heterocycles. The Labute approximate surface area is 121 Å². The fourth-order valence-electron chi connectivity index (χ4n) is 1.75. The second-order valence-corrected chi connectivity index (χ2v) is 6.99. The van der Waals surface area contributed by atoms with Crippen LogP contribution < -0.4 is 0 Å². The molecule has 0 aliphatic carbocycles. The molecule has 18 heavy (non-hydrogen) atoms. The first-order valence-electron chi connectivity index (χ1n) is 6.05. The van der Waals surface area contributed by atoms with E-state index in [-0.39, 0.29) is 5.41 Å². The number of imidazole rings is 1. The van der Waals surface area contributed by atoms with Crippen LogP contribution in [0.4, 0.5) is 0 Å². The molecule has 3 nitrogen and oxygen atoms in total. The molecule has 0 saturated heterocycles. The Morgan fingerprint density at radius 1 is 1.50 bits per heavy atom. The van der Waals surface area contributed by atoms with E-state index in [1.54, 1.807) is 0 Å². The number of halogens is 1. The second kappa shape index (κ2) is 4.78. The smallest absolute Gasteiger partial charge is 0.179 e. The van der Waals surface area contributed by atoms with Gasteiger partial charge >= 0.3 is 0 Å². The molecule has 0 aliphatic heterocycles. The lowest BCUT2D eigenvalue weighted by Crippen LogP contribution is -2.25. The first kappa shape index (κ1) is 13.7. The minimum Gasteiger partial charge on any atom is -0.329 e. The monoisotopic (exact) mass is 327 g/mol. The van der Waals surface area contributed by atoms with E-state index in [0.717, 1.165) is 27.0 Å². The SMILES string of the molecule is CC(C)C(C)(C)Cn1c(=S)[nH]c2cc(Br)cnc21. The Bertz CT molecular complexity index is 625. The van der Waals surface area contributed by atoms with Gasteiger partial charge in [0, 0.05) is 17.2 Å². The number of rotatable bonds is 3. The Morgan fingerprint density at radius 2 is 2.17 bits per heavy atom. The van der Waals surface area contributed by atoms with E-state index in [1.165, 1.54) is 0 Å². The molecule has 5 heteroatoms. The van der Waals surface area contributed by atoms with Crippen LogP contribution in [0.15, 0.2) is 16.7 Å². The van der Waals surface area contributed by atoms with Gasteiger partial charge in [0.05, 0.1) is 5.52 Å². The molecule has 2 aromatic rings. The number of aromatic amines is 1. The average molecular weight is 328 g/mol. The van der Waals surface area contributed by atoms with Crippen molar-refractivity contribution in [2.45, 2.75) is 34.2 Å². The van der Waals surface area contributed by atoms with E-state index < -0.39 is 0 Å². The van der Waals surface area contributed by atoms with Crippen LogP contribution in [0.1, 0.15) is 27.7 Å². The molecular formula is C13H18BrN3S. The van der Waals surface area contributed by atoms with E-state index >= 15 is 0 Å². The summed E-state index contributed by atoms with van der Waals surface area (Å²) in [6.07, 6.45) is 1.81. The number of aromatic nitrogens is 3. The lowest BCUT2D eigenvalue weighted by molar-refractivity contribution is 0.211. The molecular weight excluding hydrogens is 310 g/mol. The van der Waals surface area contributed by atoms with Gasteiger partial charge in [0.15, 0.2) is 10.4 Å². The first-order chi connectivity index (χ1) is 8.31. The predicted octanol–water partition coefficient (Wildman–Crippen LogP) is 4.54. The standard InChI is InChI=1S/C13H18BrN3S/c1-8(2)13(3,4)7-17-11-10(16-12(17)18)5-9(14)6-15-11/h5-6,8H,7H2,1-4H3,(H,16,18). The molecule has 98 valence electrons. The summed E-state index contributed by atoms with van der Waals surface area (Å²) in [5, 5.41) is 0. The quantitative estimate of drug-likeness (QED) is 0.839. The minimum absolute atomic E-state index is 0.183. The Morgan fingerprint density at radius 3 is 2.78 bits per heavy atom. The fourth-order valence-corrected chi connectivity index (χ4v) is 2.35. The minimum atomic E-state index is 0.183. The normalized spacial score (nSPS) is 12.6. The maximum Gasteiger partial charge on any atom is 0.179 e. The highest BCUT2D eigenvalue weighted by atomic mass is 79.9. The van der Waals surface area contributed by atoms with Crippen molar-refractivity contribution in [3.8, 4) is 0 Å². The highest BCUT2D eigenvalue weighted by Gasteiger charge is 2.24. The molecule has 0 aliphatic rings. The third-order valence-electron chi connectivity index (χ3n) is 3.70. The molecule has 0 saturated carbocycles. The van der Waals surface area contributed by atoms with E-state index in [2.05, 4.69) is 58.2 Å². The molecule has 2 rings (SSSR count). The van der Waals surface area contributed by atoms with E-state index in [4.69, 9.17) is 12.2 Å². The van der Waals surface area contributed by atoms with Gasteiger partial charge in [-0.3, -0.25) is 0 Å². The Hall–Kier alpha value is -0.680. The summed E-state index contributed by atoms with van der Waals surface area (Å²) in [6.45, 7) is 9.87. The Kier molecular flexibility index (Phi) is 3.65. The van der Waals surface area contributed by atoms with Crippen LogP contribution in [-0.2, 0) is 6.54 Å². The average Bonchev–Trinajstić information content (AvgIpc) is 2.54. The molecule has 0 amide bonds. The van der Waals surface area contributed by atoms with Crippen LogP contribution in [-0.4, -0.2) is 14.5 Å². The number of nitrogens with one attached hydrogen (secondary N) is 1. The van der Waals surface area contributed by atoms with Gasteiger partial charge in [-0.25, -0.2) is 4.98 Å². The van der Waals surface area contributed by atoms with Gasteiger partial charge in [-0.15, -0.1) is 0 Å². The largest absolute Gasteiger partial charge is 0.329 e. The molecule has 0 aromatic carbocycles. The van der Waals surface area contributed by atoms with Crippen LogP contribution in [0.3, 0.4) is 0 Å². The lowest BCUT2D eigenvalue weighted by atomic mass is 9.81. The molecule has 0 unspecified atom stereocenters. The zero-order valence-electron chi connectivity index (χ0n) is 11.1. The molecule has 0 atom stereocenters. The van der Waals surface area contributed by atoms with Gasteiger partial charge in [0.25, 0.3) is 0 Å². The topological polar surface area (TPSA) is 33.6 Å². The molecule has 1 N–H and O–H groups in total. The zero-order chi connectivity index (χ0) is 13.5. The van der Waals surface area contributed by atoms with Gasteiger partial charge in [0.2, 0.25) is 0 Å². The number of nitrogens with zero attached hydrogens (tertiary/aromatic N) is 2. The number of pyridine rings is 1. The number of hydrogen-bond donors (Lipinski definition) is 1. The zero-order valence-corrected chi connectivity index (χ0v) is 13.5. The van der Waals surface area contributed by atoms with Gasteiger partial charge in [0.1, 0.15) is 0 Å².